The van der Waals surface area contributed by atoms with Gasteiger partial charge in [-0.05, 0) is 36.7 Å². The zero-order valence-electron chi connectivity index (χ0n) is 15.6. The number of nitrogens with zero attached hydrogens (tertiary/aromatic N) is 1. The number of rotatable bonds is 1. The van der Waals surface area contributed by atoms with Crippen molar-refractivity contribution in [1.82, 2.24) is 4.98 Å². The molecule has 2 heteroatoms. The van der Waals surface area contributed by atoms with Crippen molar-refractivity contribution < 1.29 is 11.3 Å². The summed E-state index contributed by atoms with van der Waals surface area (Å²) in [7, 11) is 0. The van der Waals surface area contributed by atoms with E-state index in [-0.39, 0.29) is 23.3 Å². The second-order valence-corrected chi connectivity index (χ2v) is 4.21. The quantitative estimate of drug-likeness (QED) is 0.624. The average Bonchev–Trinajstić information content (AvgIpc) is 2.66. The van der Waals surface area contributed by atoms with Crippen molar-refractivity contribution in [3.63, 3.8) is 0 Å². The molecule has 0 N–H and O–H groups in total. The first-order chi connectivity index (χ1) is 11.9. The van der Waals surface area contributed by atoms with E-state index in [0.29, 0.717) is 11.1 Å². The van der Waals surface area contributed by atoms with Gasteiger partial charge in [-0.3, -0.25) is 4.98 Å². The minimum absolute atomic E-state index is 0.217. The van der Waals surface area contributed by atoms with Gasteiger partial charge in [-0.2, -0.15) is 0 Å². The van der Waals surface area contributed by atoms with Gasteiger partial charge in [0.15, 0.2) is 0 Å². The smallest absolute Gasteiger partial charge is 0.133 e. The molecule has 0 atom stereocenters. The van der Waals surface area contributed by atoms with E-state index < -0.39 is 6.85 Å². The van der Waals surface area contributed by atoms with Crippen LogP contribution in [0.25, 0.3) is 22.2 Å². The van der Waals surface area contributed by atoms with Crippen LogP contribution in [0.4, 0.5) is 0 Å². The van der Waals surface area contributed by atoms with Gasteiger partial charge in [0.25, 0.3) is 0 Å². The third kappa shape index (κ3) is 2.69. The Hall–Kier alpha value is -2.61. The van der Waals surface area contributed by atoms with Crippen LogP contribution in [0.15, 0.2) is 77.5 Å². The Balaban J connectivity index is 2.28. The SMILES string of the molecule is [2H]c1c(C([2H])([2H])[2H])cnc(-c2ccccoc3ccccc3c2)c1[2H]. The zero-order valence-corrected chi connectivity index (χ0v) is 10.6. The molecule has 0 spiro atoms. The van der Waals surface area contributed by atoms with E-state index in [0.717, 1.165) is 11.6 Å². The van der Waals surface area contributed by atoms with E-state index >= 15 is 0 Å². The van der Waals surface area contributed by atoms with E-state index in [1.54, 1.807) is 30.5 Å². The summed E-state index contributed by atoms with van der Waals surface area (Å²) < 4.78 is 44.1. The van der Waals surface area contributed by atoms with E-state index in [9.17, 15) is 0 Å². The number of benzene rings is 1. The van der Waals surface area contributed by atoms with Crippen molar-refractivity contribution in [3.8, 4) is 11.3 Å². The highest BCUT2D eigenvalue weighted by Crippen LogP contribution is 2.19. The maximum absolute atomic E-state index is 8.19. The van der Waals surface area contributed by atoms with Crippen molar-refractivity contribution in [2.45, 2.75) is 6.85 Å². The lowest BCUT2D eigenvalue weighted by molar-refractivity contribution is 0.606. The summed E-state index contributed by atoms with van der Waals surface area (Å²) in [4.78, 5) is 4.15. The van der Waals surface area contributed by atoms with Crippen molar-refractivity contribution in [1.29, 1.82) is 0 Å². The molecule has 0 aliphatic carbocycles. The molecule has 20 heavy (non-hydrogen) atoms. The predicted octanol–water partition coefficient (Wildman–Crippen LogP) is 4.93. The number of hydrogen-bond acceptors (Lipinski definition) is 2. The van der Waals surface area contributed by atoms with Crippen LogP contribution in [0.1, 0.15) is 12.4 Å². The molecule has 0 amide bonds. The Bertz CT molecular complexity index is 977. The van der Waals surface area contributed by atoms with Gasteiger partial charge in [0.05, 0.1) is 14.7 Å². The van der Waals surface area contributed by atoms with Crippen LogP contribution in [0.3, 0.4) is 0 Å². The fraction of sp³-hybridized carbons (Fsp3) is 0.0556. The number of para-hydroxylation sites is 1. The topological polar surface area (TPSA) is 26.0 Å². The average molecular weight is 266 g/mol. The first-order valence-corrected chi connectivity index (χ1v) is 6.15. The monoisotopic (exact) mass is 266 g/mol. The van der Waals surface area contributed by atoms with Crippen LogP contribution in [0, 0.1) is 6.85 Å². The van der Waals surface area contributed by atoms with Gasteiger partial charge in [-0.25, -0.2) is 0 Å². The van der Waals surface area contributed by atoms with Gasteiger partial charge in [-0.15, -0.1) is 0 Å². The molecule has 1 aromatic carbocycles. The Morgan fingerprint density at radius 2 is 2.00 bits per heavy atom. The molecule has 0 aliphatic heterocycles. The minimum atomic E-state index is -2.47. The summed E-state index contributed by atoms with van der Waals surface area (Å²) in [5.74, 6) is 0. The molecule has 0 aliphatic rings. The second-order valence-electron chi connectivity index (χ2n) is 4.21. The van der Waals surface area contributed by atoms with Crippen LogP contribution >= 0.6 is 0 Å². The standard InChI is InChI=1S/C18H15NO/c1-14-9-10-17(19-13-14)15-6-4-5-11-20-18-8-3-2-7-16(18)12-15/h2-13H,1H3/i1D3,9D,10D. The molecule has 2 heterocycles. The van der Waals surface area contributed by atoms with Crippen LogP contribution < -0.4 is 0 Å². The summed E-state index contributed by atoms with van der Waals surface area (Å²) in [5, 5.41) is 0.793. The molecule has 98 valence electrons. The molecule has 0 saturated carbocycles. The molecule has 2 aromatic heterocycles. The zero-order chi connectivity index (χ0) is 18.0. The van der Waals surface area contributed by atoms with E-state index in [1.165, 1.54) is 0 Å². The van der Waals surface area contributed by atoms with Crippen LogP contribution in [0.5, 0.6) is 0 Å². The molecule has 3 rings (SSSR count). The fourth-order valence-electron chi connectivity index (χ4n) is 1.85. The minimum Gasteiger partial charge on any atom is -0.464 e. The van der Waals surface area contributed by atoms with Crippen LogP contribution in [-0.2, 0) is 0 Å². The Morgan fingerprint density at radius 1 is 1.10 bits per heavy atom. The number of aromatic nitrogens is 1. The third-order valence-corrected chi connectivity index (χ3v) is 2.80. The van der Waals surface area contributed by atoms with Crippen LogP contribution in [-0.4, -0.2) is 4.98 Å². The summed E-state index contributed by atoms with van der Waals surface area (Å²) in [5.41, 5.74) is 1.27. The molecule has 0 bridgehead atoms. The molecule has 0 saturated heterocycles. The van der Waals surface area contributed by atoms with Gasteiger partial charge < -0.3 is 4.42 Å². The van der Waals surface area contributed by atoms with Gasteiger partial charge in [0.2, 0.25) is 0 Å². The van der Waals surface area contributed by atoms with Crippen molar-refractivity contribution >= 4 is 11.0 Å². The van der Waals surface area contributed by atoms with E-state index in [1.807, 2.05) is 24.3 Å². The summed E-state index contributed by atoms with van der Waals surface area (Å²) >= 11 is 0. The summed E-state index contributed by atoms with van der Waals surface area (Å²) in [6.45, 7) is -2.47. The molecular weight excluding hydrogens is 246 g/mol. The normalized spacial score (nSPS) is 14.5. The molecule has 0 unspecified atom stereocenters. The first-order valence-electron chi connectivity index (χ1n) is 8.65. The highest BCUT2D eigenvalue weighted by molar-refractivity contribution is 5.79. The summed E-state index contributed by atoms with van der Waals surface area (Å²) in [6.07, 6.45) is 2.71. The molecule has 2 nitrogen and oxygen atoms in total. The largest absolute Gasteiger partial charge is 0.464 e. The van der Waals surface area contributed by atoms with Crippen molar-refractivity contribution in [3.05, 3.63) is 78.6 Å². The highest BCUT2D eigenvalue weighted by Gasteiger charge is 1.98. The van der Waals surface area contributed by atoms with Gasteiger partial charge in [0, 0.05) is 21.3 Å². The second kappa shape index (κ2) is 5.57. The first kappa shape index (κ1) is 7.85. The van der Waals surface area contributed by atoms with Gasteiger partial charge in [-0.1, -0.05) is 36.4 Å². The number of pyridine rings is 1. The predicted molar refractivity (Wildman–Crippen MR) is 81.8 cm³/mol. The molecule has 0 fully saturated rings. The van der Waals surface area contributed by atoms with E-state index in [4.69, 9.17) is 11.3 Å². The maximum atomic E-state index is 8.19. The van der Waals surface area contributed by atoms with E-state index in [2.05, 4.69) is 4.98 Å². The summed E-state index contributed by atoms with van der Waals surface area (Å²) in [6, 6.07) is 13.8. The lowest BCUT2D eigenvalue weighted by Crippen LogP contribution is -1.82. The lowest BCUT2D eigenvalue weighted by atomic mass is 10.1. The molecule has 0 radical (unpaired) electrons. The Labute approximate surface area is 125 Å². The van der Waals surface area contributed by atoms with Gasteiger partial charge in [0.1, 0.15) is 5.58 Å². The van der Waals surface area contributed by atoms with Crippen molar-refractivity contribution in [2.75, 3.05) is 0 Å². The molecular formula is C18H15NO. The maximum Gasteiger partial charge on any atom is 0.133 e. The fourth-order valence-corrected chi connectivity index (χ4v) is 1.85. The molecule has 3 aromatic rings. The third-order valence-electron chi connectivity index (χ3n) is 2.80. The number of hydrogen-bond donors (Lipinski definition) is 0. The lowest BCUT2D eigenvalue weighted by Gasteiger charge is -1.99. The van der Waals surface area contributed by atoms with Gasteiger partial charge >= 0.3 is 0 Å². The Morgan fingerprint density at radius 3 is 2.95 bits per heavy atom. The number of fused-ring (bicyclic) bond motifs is 1. The Kier molecular flexibility index (Phi) is 2.19. The van der Waals surface area contributed by atoms with Crippen molar-refractivity contribution in [2.24, 2.45) is 0 Å². The highest BCUT2D eigenvalue weighted by atomic mass is 16.3. The number of aryl methyl sites for hydroxylation is 1. The van der Waals surface area contributed by atoms with Crippen LogP contribution in [0.2, 0.25) is 0 Å².